The summed E-state index contributed by atoms with van der Waals surface area (Å²) in [6.45, 7) is 4.73. The summed E-state index contributed by atoms with van der Waals surface area (Å²) in [5.41, 5.74) is 2.48. The Morgan fingerprint density at radius 3 is 2.58 bits per heavy atom. The number of piperazine rings is 1. The van der Waals surface area contributed by atoms with Crippen molar-refractivity contribution in [2.24, 2.45) is 0 Å². The normalized spacial score (nSPS) is 17.3. The van der Waals surface area contributed by atoms with Gasteiger partial charge in [0.1, 0.15) is 5.82 Å². The van der Waals surface area contributed by atoms with Crippen molar-refractivity contribution in [3.05, 3.63) is 81.9 Å². The lowest BCUT2D eigenvalue weighted by Gasteiger charge is -2.34. The van der Waals surface area contributed by atoms with E-state index in [0.29, 0.717) is 29.6 Å². The van der Waals surface area contributed by atoms with Gasteiger partial charge in [0.05, 0.1) is 10.9 Å². The molecule has 2 aliphatic rings. The average molecular weight is 443 g/mol. The molecule has 6 nitrogen and oxygen atoms in total. The molecule has 1 amide bonds. The topological polar surface area (TPSA) is 58.4 Å². The van der Waals surface area contributed by atoms with Gasteiger partial charge >= 0.3 is 0 Å². The Morgan fingerprint density at radius 2 is 1.76 bits per heavy atom. The molecule has 1 saturated heterocycles. The van der Waals surface area contributed by atoms with E-state index in [0.717, 1.165) is 57.7 Å². The zero-order valence-corrected chi connectivity index (χ0v) is 18.9. The first-order valence-electron chi connectivity index (χ1n) is 12.0. The van der Waals surface area contributed by atoms with Crippen molar-refractivity contribution < 1.29 is 4.79 Å². The Morgan fingerprint density at radius 1 is 0.939 bits per heavy atom. The SMILES string of the molecule is O=C(c1ccc2c(=O)n3c(nc2c1)CCCCC3)N1CCN(C/C=C\c2ccccc2)CC1. The van der Waals surface area contributed by atoms with Crippen LogP contribution in [0, 0.1) is 0 Å². The Labute approximate surface area is 194 Å². The number of hydrogen-bond acceptors (Lipinski definition) is 4. The average Bonchev–Trinajstić information content (AvgIpc) is 3.10. The Kier molecular flexibility index (Phi) is 6.35. The predicted molar refractivity (Wildman–Crippen MR) is 131 cm³/mol. The van der Waals surface area contributed by atoms with Crippen LogP contribution in [0.1, 0.15) is 41.0 Å². The lowest BCUT2D eigenvalue weighted by atomic mass is 10.1. The number of amides is 1. The lowest BCUT2D eigenvalue weighted by Crippen LogP contribution is -2.48. The van der Waals surface area contributed by atoms with E-state index in [1.165, 1.54) is 5.56 Å². The molecule has 3 heterocycles. The first-order valence-corrected chi connectivity index (χ1v) is 12.0. The molecule has 2 aromatic carbocycles. The molecule has 0 spiro atoms. The van der Waals surface area contributed by atoms with Crippen LogP contribution < -0.4 is 5.56 Å². The van der Waals surface area contributed by atoms with Gasteiger partial charge in [0.2, 0.25) is 0 Å². The minimum atomic E-state index is 0.0214. The molecule has 1 fully saturated rings. The van der Waals surface area contributed by atoms with Crippen LogP contribution in [0.2, 0.25) is 0 Å². The molecule has 170 valence electrons. The third-order valence-electron chi connectivity index (χ3n) is 6.70. The van der Waals surface area contributed by atoms with Crippen molar-refractivity contribution in [3.63, 3.8) is 0 Å². The van der Waals surface area contributed by atoms with Gasteiger partial charge < -0.3 is 4.90 Å². The molecule has 0 unspecified atom stereocenters. The zero-order chi connectivity index (χ0) is 22.6. The second-order valence-corrected chi connectivity index (χ2v) is 8.93. The summed E-state index contributed by atoms with van der Waals surface area (Å²) in [6, 6.07) is 15.7. The van der Waals surface area contributed by atoms with Gasteiger partial charge in [0, 0.05) is 51.3 Å². The van der Waals surface area contributed by atoms with E-state index < -0.39 is 0 Å². The first-order chi connectivity index (χ1) is 16.2. The lowest BCUT2D eigenvalue weighted by molar-refractivity contribution is 0.0650. The van der Waals surface area contributed by atoms with Crippen molar-refractivity contribution in [1.29, 1.82) is 0 Å². The quantitative estimate of drug-likeness (QED) is 0.620. The number of carbonyl (C=O) groups excluding carboxylic acids is 1. The molecule has 0 N–H and O–H groups in total. The highest BCUT2D eigenvalue weighted by Gasteiger charge is 2.22. The van der Waals surface area contributed by atoms with Crippen molar-refractivity contribution in [2.75, 3.05) is 32.7 Å². The zero-order valence-electron chi connectivity index (χ0n) is 18.9. The highest BCUT2D eigenvalue weighted by molar-refractivity contribution is 5.97. The van der Waals surface area contributed by atoms with Crippen LogP contribution in [0.3, 0.4) is 0 Å². The summed E-state index contributed by atoms with van der Waals surface area (Å²) >= 11 is 0. The maximum Gasteiger partial charge on any atom is 0.261 e. The summed E-state index contributed by atoms with van der Waals surface area (Å²) in [4.78, 5) is 35.1. The highest BCUT2D eigenvalue weighted by atomic mass is 16.2. The third kappa shape index (κ3) is 4.76. The largest absolute Gasteiger partial charge is 0.336 e. The molecular weight excluding hydrogens is 412 g/mol. The first kappa shape index (κ1) is 21.6. The van der Waals surface area contributed by atoms with Gasteiger partial charge in [-0.3, -0.25) is 19.1 Å². The predicted octanol–water partition coefficient (Wildman–Crippen LogP) is 3.59. The molecule has 0 saturated carbocycles. The monoisotopic (exact) mass is 442 g/mol. The van der Waals surface area contributed by atoms with E-state index in [-0.39, 0.29) is 11.5 Å². The summed E-state index contributed by atoms with van der Waals surface area (Å²) in [6.07, 6.45) is 8.35. The third-order valence-corrected chi connectivity index (χ3v) is 6.70. The second kappa shape index (κ2) is 9.71. The van der Waals surface area contributed by atoms with E-state index in [4.69, 9.17) is 4.98 Å². The molecule has 0 bridgehead atoms. The summed E-state index contributed by atoms with van der Waals surface area (Å²) in [7, 11) is 0. The summed E-state index contributed by atoms with van der Waals surface area (Å²) in [5.74, 6) is 0.875. The molecule has 0 atom stereocenters. The molecule has 2 aliphatic heterocycles. The van der Waals surface area contributed by atoms with Gasteiger partial charge in [-0.05, 0) is 36.6 Å². The maximum absolute atomic E-state index is 13.2. The Balaban J connectivity index is 1.25. The fourth-order valence-electron chi connectivity index (χ4n) is 4.77. The van der Waals surface area contributed by atoms with Crippen molar-refractivity contribution in [2.45, 2.75) is 32.2 Å². The fraction of sp³-hybridized carbons (Fsp3) is 0.370. The number of benzene rings is 2. The standard InChI is InChI=1S/C27H30N4O2/c32-26(30-18-16-29(17-19-30)14-7-10-21-8-3-1-4-9-21)22-12-13-23-24(20-22)28-25-11-5-2-6-15-31(25)27(23)33/h1,3-4,7-10,12-13,20H,2,5-6,11,14-19H2/b10-7-. The molecule has 5 rings (SSSR count). The van der Waals surface area contributed by atoms with Gasteiger partial charge in [-0.2, -0.15) is 0 Å². The number of hydrogen-bond donors (Lipinski definition) is 0. The summed E-state index contributed by atoms with van der Waals surface area (Å²) in [5, 5.41) is 0.604. The number of nitrogens with zero attached hydrogens (tertiary/aromatic N) is 4. The van der Waals surface area contributed by atoms with Gasteiger partial charge in [0.15, 0.2) is 0 Å². The van der Waals surface area contributed by atoms with Crippen LogP contribution in [0.15, 0.2) is 59.4 Å². The maximum atomic E-state index is 13.2. The van der Waals surface area contributed by atoms with E-state index >= 15 is 0 Å². The number of carbonyl (C=O) groups is 1. The Bertz CT molecular complexity index is 1220. The van der Waals surface area contributed by atoms with Gasteiger partial charge in [0.25, 0.3) is 11.5 Å². The molecule has 6 heteroatoms. The van der Waals surface area contributed by atoms with Gasteiger partial charge in [-0.25, -0.2) is 4.98 Å². The molecular formula is C27H30N4O2. The van der Waals surface area contributed by atoms with Crippen LogP contribution in [0.4, 0.5) is 0 Å². The fourth-order valence-corrected chi connectivity index (χ4v) is 4.77. The Hall–Kier alpha value is -3.25. The smallest absolute Gasteiger partial charge is 0.261 e. The summed E-state index contributed by atoms with van der Waals surface area (Å²) < 4.78 is 1.82. The second-order valence-electron chi connectivity index (χ2n) is 8.93. The van der Waals surface area contributed by atoms with E-state index in [1.54, 1.807) is 18.2 Å². The highest BCUT2D eigenvalue weighted by Crippen LogP contribution is 2.18. The van der Waals surface area contributed by atoms with Crippen LogP contribution in [0.25, 0.3) is 17.0 Å². The van der Waals surface area contributed by atoms with Crippen LogP contribution in [-0.2, 0) is 13.0 Å². The number of aryl methyl sites for hydroxylation is 1. The number of fused-ring (bicyclic) bond motifs is 2. The van der Waals surface area contributed by atoms with E-state index in [2.05, 4.69) is 29.2 Å². The van der Waals surface area contributed by atoms with E-state index in [9.17, 15) is 9.59 Å². The van der Waals surface area contributed by atoms with E-state index in [1.807, 2.05) is 27.7 Å². The number of rotatable bonds is 4. The van der Waals surface area contributed by atoms with Crippen LogP contribution in [-0.4, -0.2) is 58.0 Å². The van der Waals surface area contributed by atoms with Gasteiger partial charge in [-0.1, -0.05) is 48.9 Å². The van der Waals surface area contributed by atoms with Crippen LogP contribution in [0.5, 0.6) is 0 Å². The van der Waals surface area contributed by atoms with Crippen molar-refractivity contribution >= 4 is 22.9 Å². The minimum Gasteiger partial charge on any atom is -0.336 e. The van der Waals surface area contributed by atoms with Crippen molar-refractivity contribution in [3.8, 4) is 0 Å². The minimum absolute atomic E-state index is 0.0214. The molecule has 0 radical (unpaired) electrons. The number of aromatic nitrogens is 2. The van der Waals surface area contributed by atoms with Crippen molar-refractivity contribution in [1.82, 2.24) is 19.4 Å². The van der Waals surface area contributed by atoms with Gasteiger partial charge in [-0.15, -0.1) is 0 Å². The molecule has 0 aliphatic carbocycles. The molecule has 33 heavy (non-hydrogen) atoms. The molecule has 1 aromatic heterocycles. The van der Waals surface area contributed by atoms with Crippen LogP contribution >= 0.6 is 0 Å². The molecule has 3 aromatic rings.